The third-order valence-electron chi connectivity index (χ3n) is 6.92. The van der Waals surface area contributed by atoms with Gasteiger partial charge in [0.25, 0.3) is 0 Å². The summed E-state index contributed by atoms with van der Waals surface area (Å²) >= 11 is 0. The Hall–Kier alpha value is -1.69. The zero-order valence-electron chi connectivity index (χ0n) is 16.4. The summed E-state index contributed by atoms with van der Waals surface area (Å²) in [5.74, 6) is 1.05. The smallest absolute Gasteiger partial charge is 0.387 e. The standard InChI is InChI=1S/C22H29F2NO3/c1-21(27)11-17(12-21)19(26)25-13-22(14-25)8-6-16(7-9-22)10-15-2-4-18(5-3-15)28-20(23)24/h2-5,16-17,20,27H,6-14H2,1H3/t17-,21+. The summed E-state index contributed by atoms with van der Waals surface area (Å²) < 4.78 is 28.9. The van der Waals surface area contributed by atoms with Crippen molar-refractivity contribution < 1.29 is 23.4 Å². The number of halogens is 2. The molecule has 1 aromatic carbocycles. The van der Waals surface area contributed by atoms with Crippen molar-refractivity contribution in [3.05, 3.63) is 29.8 Å². The number of carbonyl (C=O) groups excluding carboxylic acids is 1. The number of carbonyl (C=O) groups is 1. The topological polar surface area (TPSA) is 49.8 Å². The number of ether oxygens (including phenoxy) is 1. The predicted octanol–water partition coefficient (Wildman–Crippen LogP) is 4.01. The van der Waals surface area contributed by atoms with Gasteiger partial charge in [-0.25, -0.2) is 0 Å². The third-order valence-corrected chi connectivity index (χ3v) is 6.92. The first-order valence-corrected chi connectivity index (χ1v) is 10.3. The minimum absolute atomic E-state index is 0.0145. The Morgan fingerprint density at radius 2 is 1.82 bits per heavy atom. The van der Waals surface area contributed by atoms with Crippen molar-refractivity contribution in [1.82, 2.24) is 4.90 Å². The van der Waals surface area contributed by atoms with E-state index in [1.165, 1.54) is 0 Å². The third kappa shape index (κ3) is 4.17. The van der Waals surface area contributed by atoms with Gasteiger partial charge in [0.1, 0.15) is 5.75 Å². The lowest BCUT2D eigenvalue weighted by Gasteiger charge is -2.55. The van der Waals surface area contributed by atoms with Gasteiger partial charge in [0.05, 0.1) is 5.60 Å². The normalized spacial score (nSPS) is 29.5. The number of likely N-dealkylation sites (tertiary alicyclic amines) is 1. The molecule has 3 aliphatic rings. The number of hydrogen-bond acceptors (Lipinski definition) is 3. The van der Waals surface area contributed by atoms with Crippen molar-refractivity contribution in [1.29, 1.82) is 0 Å². The molecule has 6 heteroatoms. The molecule has 1 aromatic rings. The lowest BCUT2D eigenvalue weighted by molar-refractivity contribution is -0.163. The number of hydrogen-bond donors (Lipinski definition) is 1. The molecule has 2 saturated carbocycles. The van der Waals surface area contributed by atoms with Gasteiger partial charge >= 0.3 is 6.61 Å². The first-order chi connectivity index (χ1) is 13.2. The second-order valence-corrected chi connectivity index (χ2v) is 9.47. The molecule has 0 bridgehead atoms. The molecular weight excluding hydrogens is 364 g/mol. The molecule has 1 aliphatic heterocycles. The molecule has 0 atom stereocenters. The number of amides is 1. The molecule has 4 rings (SSSR count). The average Bonchev–Trinajstić information content (AvgIpc) is 2.59. The van der Waals surface area contributed by atoms with E-state index in [0.29, 0.717) is 24.2 Å². The molecule has 0 aromatic heterocycles. The molecule has 28 heavy (non-hydrogen) atoms. The summed E-state index contributed by atoms with van der Waals surface area (Å²) in [6, 6.07) is 6.97. The zero-order chi connectivity index (χ0) is 19.9. The van der Waals surface area contributed by atoms with Crippen molar-refractivity contribution in [3.63, 3.8) is 0 Å². The molecule has 1 amide bonds. The van der Waals surface area contributed by atoms with Crippen LogP contribution in [0.1, 0.15) is 51.0 Å². The maximum absolute atomic E-state index is 12.5. The van der Waals surface area contributed by atoms with E-state index in [0.717, 1.165) is 50.8 Å². The van der Waals surface area contributed by atoms with Crippen LogP contribution in [0, 0.1) is 17.3 Å². The molecule has 1 N–H and O–H groups in total. The Kier molecular flexibility index (Phi) is 5.10. The quantitative estimate of drug-likeness (QED) is 0.822. The molecule has 1 saturated heterocycles. The molecule has 154 valence electrons. The molecular formula is C22H29F2NO3. The largest absolute Gasteiger partial charge is 0.435 e. The van der Waals surface area contributed by atoms with Gasteiger partial charge in [-0.15, -0.1) is 0 Å². The van der Waals surface area contributed by atoms with Crippen LogP contribution < -0.4 is 4.74 Å². The lowest BCUT2D eigenvalue weighted by atomic mass is 9.64. The van der Waals surface area contributed by atoms with Gasteiger partial charge in [-0.1, -0.05) is 12.1 Å². The first-order valence-electron chi connectivity index (χ1n) is 10.3. The van der Waals surface area contributed by atoms with Gasteiger partial charge in [-0.3, -0.25) is 4.79 Å². The predicted molar refractivity (Wildman–Crippen MR) is 101 cm³/mol. The van der Waals surface area contributed by atoms with Crippen molar-refractivity contribution >= 4 is 5.91 Å². The molecule has 0 radical (unpaired) electrons. The minimum Gasteiger partial charge on any atom is -0.435 e. The Morgan fingerprint density at radius 3 is 2.36 bits per heavy atom. The average molecular weight is 393 g/mol. The fourth-order valence-electron chi connectivity index (χ4n) is 5.30. The molecule has 3 fully saturated rings. The van der Waals surface area contributed by atoms with Gasteiger partial charge in [0.2, 0.25) is 5.91 Å². The van der Waals surface area contributed by atoms with E-state index >= 15 is 0 Å². The summed E-state index contributed by atoms with van der Waals surface area (Å²) in [7, 11) is 0. The highest BCUT2D eigenvalue weighted by Gasteiger charge is 2.51. The molecule has 0 unspecified atom stereocenters. The van der Waals surface area contributed by atoms with Crippen LogP contribution in [-0.4, -0.2) is 41.2 Å². The van der Waals surface area contributed by atoms with E-state index < -0.39 is 12.2 Å². The van der Waals surface area contributed by atoms with Gasteiger partial charge < -0.3 is 14.7 Å². The number of alkyl halides is 2. The van der Waals surface area contributed by atoms with Crippen molar-refractivity contribution in [2.75, 3.05) is 13.1 Å². The second-order valence-electron chi connectivity index (χ2n) is 9.47. The maximum atomic E-state index is 12.5. The lowest BCUT2D eigenvalue weighted by Crippen LogP contribution is -2.62. The Bertz CT molecular complexity index is 695. The van der Waals surface area contributed by atoms with Gasteiger partial charge in [0.15, 0.2) is 0 Å². The Morgan fingerprint density at radius 1 is 1.21 bits per heavy atom. The monoisotopic (exact) mass is 393 g/mol. The fraction of sp³-hybridized carbons (Fsp3) is 0.682. The van der Waals surface area contributed by atoms with E-state index in [1.807, 2.05) is 17.0 Å². The molecule has 4 nitrogen and oxygen atoms in total. The number of nitrogens with zero attached hydrogens (tertiary/aromatic N) is 1. The Balaban J connectivity index is 1.21. The summed E-state index contributed by atoms with van der Waals surface area (Å²) in [5, 5.41) is 9.84. The van der Waals surface area contributed by atoms with Crippen LogP contribution in [0.15, 0.2) is 24.3 Å². The Labute approximate surface area is 164 Å². The minimum atomic E-state index is -2.79. The highest BCUT2D eigenvalue weighted by molar-refractivity contribution is 5.81. The molecule has 2 aliphatic carbocycles. The van der Waals surface area contributed by atoms with Crippen LogP contribution in [0.3, 0.4) is 0 Å². The summed E-state index contributed by atoms with van der Waals surface area (Å²) in [6.45, 7) is 0.759. The van der Waals surface area contributed by atoms with Crippen molar-refractivity contribution in [2.45, 2.75) is 64.1 Å². The zero-order valence-corrected chi connectivity index (χ0v) is 16.4. The summed E-state index contributed by atoms with van der Waals surface area (Å²) in [4.78, 5) is 14.5. The van der Waals surface area contributed by atoms with E-state index in [9.17, 15) is 18.7 Å². The van der Waals surface area contributed by atoms with Gasteiger partial charge in [0, 0.05) is 24.4 Å². The maximum Gasteiger partial charge on any atom is 0.387 e. The van der Waals surface area contributed by atoms with Crippen molar-refractivity contribution in [2.24, 2.45) is 17.3 Å². The van der Waals surface area contributed by atoms with E-state index in [-0.39, 0.29) is 17.6 Å². The number of rotatable bonds is 5. The van der Waals surface area contributed by atoms with Crippen LogP contribution in [0.5, 0.6) is 5.75 Å². The van der Waals surface area contributed by atoms with E-state index in [4.69, 9.17) is 0 Å². The number of benzene rings is 1. The highest BCUT2D eigenvalue weighted by Crippen LogP contribution is 2.48. The molecule has 1 heterocycles. The summed E-state index contributed by atoms with van der Waals surface area (Å²) in [5.41, 5.74) is 0.808. The van der Waals surface area contributed by atoms with Crippen molar-refractivity contribution in [3.8, 4) is 5.75 Å². The van der Waals surface area contributed by atoms with Crippen LogP contribution in [0.25, 0.3) is 0 Å². The van der Waals surface area contributed by atoms with Crippen LogP contribution in [0.4, 0.5) is 8.78 Å². The van der Waals surface area contributed by atoms with Gasteiger partial charge in [-0.05, 0) is 75.5 Å². The first kappa shape index (κ1) is 19.6. The highest BCUT2D eigenvalue weighted by atomic mass is 19.3. The second kappa shape index (κ2) is 7.29. The molecule has 1 spiro atoms. The van der Waals surface area contributed by atoms with E-state index in [1.54, 1.807) is 19.1 Å². The van der Waals surface area contributed by atoms with E-state index in [2.05, 4.69) is 4.74 Å². The van der Waals surface area contributed by atoms with Gasteiger partial charge in [-0.2, -0.15) is 8.78 Å². The number of aliphatic hydroxyl groups is 1. The van der Waals surface area contributed by atoms with Crippen LogP contribution >= 0.6 is 0 Å². The SMILES string of the molecule is C[C@]1(O)C[C@@H](C(=O)N2CC3(CCC(Cc4ccc(OC(F)F)cc4)CC3)C2)C1. The van der Waals surface area contributed by atoms with Crippen LogP contribution in [-0.2, 0) is 11.2 Å². The summed E-state index contributed by atoms with van der Waals surface area (Å²) in [6.07, 6.45) is 6.75. The fourth-order valence-corrected chi connectivity index (χ4v) is 5.30. The van der Waals surface area contributed by atoms with Crippen LogP contribution in [0.2, 0.25) is 0 Å².